The molecule has 6 nitrogen and oxygen atoms in total. The van der Waals surface area contributed by atoms with Gasteiger partial charge >= 0.3 is 0 Å². The molecule has 1 aromatic rings. The summed E-state index contributed by atoms with van der Waals surface area (Å²) in [6, 6.07) is 0.755. The van der Waals surface area contributed by atoms with Crippen LogP contribution >= 0.6 is 0 Å². The molecule has 0 unspecified atom stereocenters. The summed E-state index contributed by atoms with van der Waals surface area (Å²) in [5.41, 5.74) is 0.571. The van der Waals surface area contributed by atoms with Crippen LogP contribution < -0.4 is 0 Å². The molecule has 1 aromatic heterocycles. The van der Waals surface area contributed by atoms with Crippen molar-refractivity contribution in [1.29, 1.82) is 0 Å². The zero-order valence-corrected chi connectivity index (χ0v) is 12.9. The third-order valence-electron chi connectivity index (χ3n) is 4.56. The van der Waals surface area contributed by atoms with Gasteiger partial charge in [-0.15, -0.1) is 0 Å². The molecule has 0 saturated carbocycles. The number of fused-ring (bicyclic) bond motifs is 1. The van der Waals surface area contributed by atoms with E-state index in [1.165, 1.54) is 6.20 Å². The summed E-state index contributed by atoms with van der Waals surface area (Å²) in [4.78, 5) is 17.0. The SMILES string of the molecule is Cc1oncc1C(=O)N1CC[C@@H]2OCCN(C(C)C)[C@H]2C1. The summed E-state index contributed by atoms with van der Waals surface area (Å²) in [5.74, 6) is 0.601. The maximum absolute atomic E-state index is 12.6. The molecule has 0 aromatic carbocycles. The highest BCUT2D eigenvalue weighted by molar-refractivity contribution is 5.94. The van der Waals surface area contributed by atoms with Gasteiger partial charge in [-0.25, -0.2) is 0 Å². The second-order valence-corrected chi connectivity index (χ2v) is 6.14. The topological polar surface area (TPSA) is 58.8 Å². The molecule has 116 valence electrons. The quantitative estimate of drug-likeness (QED) is 0.823. The van der Waals surface area contributed by atoms with Gasteiger partial charge in [0.25, 0.3) is 5.91 Å². The Morgan fingerprint density at radius 3 is 2.90 bits per heavy atom. The molecule has 2 saturated heterocycles. The molecule has 1 amide bonds. The highest BCUT2D eigenvalue weighted by Crippen LogP contribution is 2.26. The maximum atomic E-state index is 12.6. The number of likely N-dealkylation sites (tertiary alicyclic amines) is 1. The van der Waals surface area contributed by atoms with Crippen LogP contribution in [0.15, 0.2) is 10.7 Å². The first kappa shape index (κ1) is 14.5. The molecule has 0 N–H and O–H groups in total. The monoisotopic (exact) mass is 293 g/mol. The lowest BCUT2D eigenvalue weighted by Gasteiger charge is -2.48. The average molecular weight is 293 g/mol. The molecule has 3 rings (SSSR count). The van der Waals surface area contributed by atoms with Crippen molar-refractivity contribution < 1.29 is 14.1 Å². The lowest BCUT2D eigenvalue weighted by atomic mass is 9.97. The van der Waals surface area contributed by atoms with Crippen LogP contribution in [0.4, 0.5) is 0 Å². The van der Waals surface area contributed by atoms with Crippen LogP contribution in [0, 0.1) is 6.92 Å². The number of morpholine rings is 1. The Balaban J connectivity index is 1.75. The van der Waals surface area contributed by atoms with Crippen molar-refractivity contribution in [3.05, 3.63) is 17.5 Å². The van der Waals surface area contributed by atoms with Crippen LogP contribution in [0.25, 0.3) is 0 Å². The minimum atomic E-state index is 0.0153. The number of nitrogens with zero attached hydrogens (tertiary/aromatic N) is 3. The van der Waals surface area contributed by atoms with Gasteiger partial charge in [0.15, 0.2) is 0 Å². The number of piperidine rings is 1. The van der Waals surface area contributed by atoms with E-state index >= 15 is 0 Å². The molecule has 2 aliphatic heterocycles. The average Bonchev–Trinajstić information content (AvgIpc) is 2.91. The maximum Gasteiger partial charge on any atom is 0.259 e. The summed E-state index contributed by atoms with van der Waals surface area (Å²) in [6.45, 7) is 9.35. The van der Waals surface area contributed by atoms with Crippen molar-refractivity contribution >= 4 is 5.91 Å². The van der Waals surface area contributed by atoms with E-state index < -0.39 is 0 Å². The Labute approximate surface area is 125 Å². The lowest BCUT2D eigenvalue weighted by molar-refractivity contribution is -0.107. The van der Waals surface area contributed by atoms with Crippen LogP contribution in [-0.2, 0) is 4.74 Å². The van der Waals surface area contributed by atoms with Crippen molar-refractivity contribution in [3.8, 4) is 0 Å². The van der Waals surface area contributed by atoms with E-state index in [0.29, 0.717) is 23.9 Å². The van der Waals surface area contributed by atoms with E-state index in [9.17, 15) is 4.79 Å². The Bertz CT molecular complexity index is 514. The lowest BCUT2D eigenvalue weighted by Crippen LogP contribution is -2.62. The summed E-state index contributed by atoms with van der Waals surface area (Å²) < 4.78 is 10.9. The number of hydrogen-bond acceptors (Lipinski definition) is 5. The largest absolute Gasteiger partial charge is 0.375 e. The summed E-state index contributed by atoms with van der Waals surface area (Å²) in [7, 11) is 0. The van der Waals surface area contributed by atoms with Gasteiger partial charge in [-0.1, -0.05) is 5.16 Å². The van der Waals surface area contributed by atoms with Gasteiger partial charge in [0.2, 0.25) is 0 Å². The van der Waals surface area contributed by atoms with Gasteiger partial charge in [-0.2, -0.15) is 0 Å². The highest BCUT2D eigenvalue weighted by Gasteiger charge is 2.39. The third kappa shape index (κ3) is 2.70. The number of aryl methyl sites for hydroxylation is 1. The number of hydrogen-bond donors (Lipinski definition) is 0. The minimum Gasteiger partial charge on any atom is -0.375 e. The highest BCUT2D eigenvalue weighted by atomic mass is 16.5. The Kier molecular flexibility index (Phi) is 3.99. The van der Waals surface area contributed by atoms with E-state index in [0.717, 1.165) is 26.1 Å². The van der Waals surface area contributed by atoms with E-state index in [2.05, 4.69) is 23.9 Å². The normalized spacial score (nSPS) is 27.0. The summed E-state index contributed by atoms with van der Waals surface area (Å²) in [6.07, 6.45) is 2.65. The van der Waals surface area contributed by atoms with Crippen molar-refractivity contribution in [1.82, 2.24) is 15.0 Å². The number of carbonyl (C=O) groups excluding carboxylic acids is 1. The van der Waals surface area contributed by atoms with Crippen LogP contribution in [0.1, 0.15) is 36.4 Å². The van der Waals surface area contributed by atoms with Gasteiger partial charge in [-0.05, 0) is 27.2 Å². The molecular formula is C15H23N3O3. The van der Waals surface area contributed by atoms with Crippen molar-refractivity contribution in [2.75, 3.05) is 26.2 Å². The Hall–Kier alpha value is -1.40. The first-order chi connectivity index (χ1) is 10.1. The first-order valence-electron chi connectivity index (χ1n) is 7.66. The molecule has 6 heteroatoms. The van der Waals surface area contributed by atoms with Gasteiger partial charge < -0.3 is 14.2 Å². The fourth-order valence-corrected chi connectivity index (χ4v) is 3.40. The Morgan fingerprint density at radius 2 is 2.24 bits per heavy atom. The zero-order valence-electron chi connectivity index (χ0n) is 12.9. The van der Waals surface area contributed by atoms with Crippen molar-refractivity contribution in [2.45, 2.75) is 45.4 Å². The van der Waals surface area contributed by atoms with Crippen LogP contribution in [0.5, 0.6) is 0 Å². The Morgan fingerprint density at radius 1 is 1.43 bits per heavy atom. The van der Waals surface area contributed by atoms with Crippen LogP contribution in [0.3, 0.4) is 0 Å². The van der Waals surface area contributed by atoms with Crippen molar-refractivity contribution in [3.63, 3.8) is 0 Å². The molecule has 2 atom stereocenters. The third-order valence-corrected chi connectivity index (χ3v) is 4.56. The van der Waals surface area contributed by atoms with Gasteiger partial charge in [-0.3, -0.25) is 9.69 Å². The summed E-state index contributed by atoms with van der Waals surface area (Å²) >= 11 is 0. The van der Waals surface area contributed by atoms with Gasteiger partial charge in [0, 0.05) is 25.7 Å². The van der Waals surface area contributed by atoms with E-state index in [1.807, 2.05) is 4.90 Å². The molecular weight excluding hydrogens is 270 g/mol. The first-order valence-corrected chi connectivity index (χ1v) is 7.66. The molecule has 0 aliphatic carbocycles. The van der Waals surface area contributed by atoms with E-state index in [-0.39, 0.29) is 18.1 Å². The summed E-state index contributed by atoms with van der Waals surface area (Å²) in [5, 5.41) is 3.70. The van der Waals surface area contributed by atoms with Crippen LogP contribution in [0.2, 0.25) is 0 Å². The predicted octanol–water partition coefficient (Wildman–Crippen LogP) is 1.31. The molecule has 21 heavy (non-hydrogen) atoms. The number of rotatable bonds is 2. The fourth-order valence-electron chi connectivity index (χ4n) is 3.40. The smallest absolute Gasteiger partial charge is 0.259 e. The van der Waals surface area contributed by atoms with Gasteiger partial charge in [0.1, 0.15) is 11.3 Å². The van der Waals surface area contributed by atoms with E-state index in [4.69, 9.17) is 9.26 Å². The fraction of sp³-hybridized carbons (Fsp3) is 0.733. The number of aromatic nitrogens is 1. The molecule has 0 radical (unpaired) electrons. The molecule has 3 heterocycles. The van der Waals surface area contributed by atoms with Crippen LogP contribution in [-0.4, -0.2) is 65.3 Å². The molecule has 2 fully saturated rings. The molecule has 2 aliphatic rings. The predicted molar refractivity (Wildman–Crippen MR) is 77.1 cm³/mol. The van der Waals surface area contributed by atoms with Gasteiger partial charge in [0.05, 0.1) is 24.9 Å². The number of carbonyl (C=O) groups is 1. The van der Waals surface area contributed by atoms with Crippen molar-refractivity contribution in [2.24, 2.45) is 0 Å². The number of amides is 1. The molecule has 0 bridgehead atoms. The minimum absolute atomic E-state index is 0.0153. The zero-order chi connectivity index (χ0) is 15.0. The molecule has 0 spiro atoms. The van der Waals surface area contributed by atoms with E-state index in [1.54, 1.807) is 6.92 Å². The second-order valence-electron chi connectivity index (χ2n) is 6.14. The second kappa shape index (κ2) is 5.77. The standard InChI is InChI=1S/C15H23N3O3/c1-10(2)18-6-7-20-14-4-5-17(9-13(14)18)15(19)12-8-16-21-11(12)3/h8,10,13-14H,4-7,9H2,1-3H3/t13-,14-/m0/s1. The number of ether oxygens (including phenoxy) is 1.